The van der Waals surface area contributed by atoms with Crippen molar-refractivity contribution in [2.45, 2.75) is 26.1 Å². The number of aliphatic carboxylic acids is 1. The summed E-state index contributed by atoms with van der Waals surface area (Å²) >= 11 is 5.91. The van der Waals surface area contributed by atoms with Gasteiger partial charge < -0.3 is 19.7 Å². The molecule has 0 spiro atoms. The van der Waals surface area contributed by atoms with Crippen LogP contribution in [0.25, 0.3) is 6.08 Å². The number of carbonyl (C=O) groups is 2. The lowest BCUT2D eigenvalue weighted by Gasteiger charge is -2.14. The van der Waals surface area contributed by atoms with Gasteiger partial charge in [0, 0.05) is 11.6 Å². The zero-order valence-electron chi connectivity index (χ0n) is 17.8. The van der Waals surface area contributed by atoms with Gasteiger partial charge in [-0.05, 0) is 61.9 Å². The van der Waals surface area contributed by atoms with Crippen LogP contribution in [0.4, 0.5) is 5.69 Å². The summed E-state index contributed by atoms with van der Waals surface area (Å²) in [7, 11) is 1.43. The minimum Gasteiger partial charge on any atom is -0.493 e. The Balaban J connectivity index is 1.94. The van der Waals surface area contributed by atoms with Crippen molar-refractivity contribution in [3.05, 3.63) is 58.6 Å². The van der Waals surface area contributed by atoms with Crippen LogP contribution in [0.15, 0.2) is 53.0 Å². The molecule has 1 amide bonds. The van der Waals surface area contributed by atoms with Gasteiger partial charge in [-0.15, -0.1) is 0 Å². The third-order valence-electron chi connectivity index (χ3n) is 4.86. The van der Waals surface area contributed by atoms with Crippen LogP contribution in [0.1, 0.15) is 19.4 Å². The zero-order valence-corrected chi connectivity index (χ0v) is 18.5. The molecular formula is C23H23ClN2O6. The smallest absolute Gasteiger partial charge is 0.344 e. The first kappa shape index (κ1) is 23.3. The Labute approximate surface area is 190 Å². The average Bonchev–Trinajstić information content (AvgIpc) is 2.99. The molecule has 0 bridgehead atoms. The lowest BCUT2D eigenvalue weighted by molar-refractivity contribution is -0.144. The van der Waals surface area contributed by atoms with Crippen molar-refractivity contribution >= 4 is 41.1 Å². The van der Waals surface area contributed by atoms with E-state index in [1.165, 1.54) is 18.9 Å². The van der Waals surface area contributed by atoms with Gasteiger partial charge in [0.25, 0.3) is 5.91 Å². The Morgan fingerprint density at radius 1 is 1.25 bits per heavy atom. The molecule has 9 heteroatoms. The summed E-state index contributed by atoms with van der Waals surface area (Å²) < 4.78 is 10.7. The predicted octanol–water partition coefficient (Wildman–Crippen LogP) is 3.54. The fourth-order valence-corrected chi connectivity index (χ4v) is 3.30. The number of carbonyl (C=O) groups excluding carboxylic acids is 1. The highest BCUT2D eigenvalue weighted by atomic mass is 35.5. The summed E-state index contributed by atoms with van der Waals surface area (Å²) in [6.07, 6.45) is -0.726. The number of nitrogens with zero attached hydrogens (tertiary/aromatic N) is 2. The molecule has 1 fully saturated rings. The normalized spacial score (nSPS) is 19.5. The molecule has 0 unspecified atom stereocenters. The van der Waals surface area contributed by atoms with E-state index in [1.54, 1.807) is 55.5 Å². The summed E-state index contributed by atoms with van der Waals surface area (Å²) in [5.74, 6) is -0.678. The number of halogens is 1. The molecule has 1 aliphatic heterocycles. The molecular weight excluding hydrogens is 436 g/mol. The topological polar surface area (TPSA) is 109 Å². The number of benzene rings is 2. The monoisotopic (exact) mass is 458 g/mol. The Bertz CT molecular complexity index is 1080. The molecule has 1 saturated heterocycles. The van der Waals surface area contributed by atoms with Gasteiger partial charge in [0.05, 0.1) is 18.4 Å². The molecule has 1 aliphatic rings. The number of likely N-dealkylation sites (N-methyl/N-ethyl adjacent to an activating group) is 1. The Hall–Kier alpha value is -3.36. The number of amidine groups is 1. The number of ether oxygens (including phenoxy) is 2. The maximum Gasteiger partial charge on any atom is 0.344 e. The van der Waals surface area contributed by atoms with Crippen LogP contribution < -0.4 is 9.47 Å². The maximum atomic E-state index is 12.9. The van der Waals surface area contributed by atoms with E-state index in [1.807, 2.05) is 0 Å². The SMILES string of the molecule is CCN1C(=O)/C(=C/c2ccc(O[C@@H](C)C(=O)O)c(OC)c2)[C@H](O)C1=Nc1ccc(Cl)cc1. The van der Waals surface area contributed by atoms with E-state index in [-0.39, 0.29) is 23.1 Å². The molecule has 0 aromatic heterocycles. The fraction of sp³-hybridized carbons (Fsp3) is 0.261. The van der Waals surface area contributed by atoms with Crippen molar-refractivity contribution in [1.29, 1.82) is 0 Å². The van der Waals surface area contributed by atoms with E-state index < -0.39 is 18.2 Å². The molecule has 168 valence electrons. The van der Waals surface area contributed by atoms with Gasteiger partial charge in [-0.1, -0.05) is 17.7 Å². The molecule has 0 aliphatic carbocycles. The average molecular weight is 459 g/mol. The fourth-order valence-electron chi connectivity index (χ4n) is 3.17. The standard InChI is InChI=1S/C23H23ClN2O6/c1-4-26-21(25-16-8-6-15(24)7-9-16)20(27)17(22(26)28)11-14-5-10-18(19(12-14)31-3)32-13(2)23(29)30/h5-13,20,27H,4H2,1-3H3,(H,29,30)/b17-11+,25-21?/t13-,20-/m0/s1. The number of aliphatic imine (C=N–C) groups is 1. The highest BCUT2D eigenvalue weighted by Gasteiger charge is 2.39. The third kappa shape index (κ3) is 4.92. The summed E-state index contributed by atoms with van der Waals surface area (Å²) in [4.78, 5) is 29.8. The zero-order chi connectivity index (χ0) is 23.4. The Morgan fingerprint density at radius 3 is 2.53 bits per heavy atom. The second-order valence-electron chi connectivity index (χ2n) is 7.01. The molecule has 32 heavy (non-hydrogen) atoms. The summed E-state index contributed by atoms with van der Waals surface area (Å²) in [5.41, 5.74) is 1.30. The molecule has 8 nitrogen and oxygen atoms in total. The van der Waals surface area contributed by atoms with Crippen LogP contribution in [0.5, 0.6) is 11.5 Å². The quantitative estimate of drug-likeness (QED) is 0.614. The summed E-state index contributed by atoms with van der Waals surface area (Å²) in [6, 6.07) is 11.5. The maximum absolute atomic E-state index is 12.9. The van der Waals surface area contributed by atoms with Crippen LogP contribution in [0.2, 0.25) is 5.02 Å². The van der Waals surface area contributed by atoms with Crippen LogP contribution >= 0.6 is 11.6 Å². The number of methoxy groups -OCH3 is 1. The van der Waals surface area contributed by atoms with E-state index >= 15 is 0 Å². The highest BCUT2D eigenvalue weighted by molar-refractivity contribution is 6.30. The first-order valence-electron chi connectivity index (χ1n) is 9.88. The summed E-state index contributed by atoms with van der Waals surface area (Å²) in [6.45, 7) is 3.54. The van der Waals surface area contributed by atoms with Crippen molar-refractivity contribution in [3.63, 3.8) is 0 Å². The number of aliphatic hydroxyl groups is 1. The number of likely N-dealkylation sites (tertiary alicyclic amines) is 1. The van der Waals surface area contributed by atoms with Crippen molar-refractivity contribution in [1.82, 2.24) is 4.90 Å². The first-order valence-corrected chi connectivity index (χ1v) is 10.3. The third-order valence-corrected chi connectivity index (χ3v) is 5.11. The van der Waals surface area contributed by atoms with E-state index in [2.05, 4.69) is 4.99 Å². The second-order valence-corrected chi connectivity index (χ2v) is 7.44. The van der Waals surface area contributed by atoms with Crippen molar-refractivity contribution in [2.75, 3.05) is 13.7 Å². The van der Waals surface area contributed by atoms with Gasteiger partial charge in [-0.2, -0.15) is 0 Å². The Morgan fingerprint density at radius 2 is 1.94 bits per heavy atom. The van der Waals surface area contributed by atoms with Gasteiger partial charge in [-0.3, -0.25) is 9.69 Å². The number of aliphatic hydroxyl groups excluding tert-OH is 1. The van der Waals surface area contributed by atoms with E-state index in [9.17, 15) is 14.7 Å². The number of hydrogen-bond acceptors (Lipinski definition) is 6. The molecule has 0 saturated carbocycles. The summed E-state index contributed by atoms with van der Waals surface area (Å²) in [5, 5.41) is 20.4. The molecule has 1 heterocycles. The van der Waals surface area contributed by atoms with E-state index in [4.69, 9.17) is 26.2 Å². The lowest BCUT2D eigenvalue weighted by Crippen LogP contribution is -2.31. The molecule has 2 N–H and O–H groups in total. The van der Waals surface area contributed by atoms with Gasteiger partial charge in [-0.25, -0.2) is 9.79 Å². The van der Waals surface area contributed by atoms with Gasteiger partial charge in [0.1, 0.15) is 11.9 Å². The van der Waals surface area contributed by atoms with Crippen molar-refractivity contribution in [2.24, 2.45) is 4.99 Å². The van der Waals surface area contributed by atoms with E-state index in [0.29, 0.717) is 28.6 Å². The molecule has 2 atom stereocenters. The van der Waals surface area contributed by atoms with Gasteiger partial charge >= 0.3 is 5.97 Å². The van der Waals surface area contributed by atoms with Crippen LogP contribution in [0.3, 0.4) is 0 Å². The number of hydrogen-bond donors (Lipinski definition) is 2. The minimum absolute atomic E-state index is 0.161. The lowest BCUT2D eigenvalue weighted by atomic mass is 10.1. The van der Waals surface area contributed by atoms with Gasteiger partial charge in [0.15, 0.2) is 17.6 Å². The molecule has 2 aromatic carbocycles. The second kappa shape index (κ2) is 9.84. The molecule has 2 aromatic rings. The van der Waals surface area contributed by atoms with E-state index in [0.717, 1.165) is 0 Å². The largest absolute Gasteiger partial charge is 0.493 e. The Kier molecular flexibility index (Phi) is 7.17. The number of carboxylic acids is 1. The number of amides is 1. The molecule has 3 rings (SSSR count). The highest BCUT2D eigenvalue weighted by Crippen LogP contribution is 2.32. The van der Waals surface area contributed by atoms with Crippen LogP contribution in [-0.2, 0) is 9.59 Å². The van der Waals surface area contributed by atoms with Crippen molar-refractivity contribution < 1.29 is 29.3 Å². The number of rotatable bonds is 7. The minimum atomic E-state index is -1.22. The van der Waals surface area contributed by atoms with Crippen molar-refractivity contribution in [3.8, 4) is 11.5 Å². The van der Waals surface area contributed by atoms with Crippen LogP contribution in [-0.4, -0.2) is 58.7 Å². The van der Waals surface area contributed by atoms with Crippen LogP contribution in [0, 0.1) is 0 Å². The predicted molar refractivity (Wildman–Crippen MR) is 121 cm³/mol. The first-order chi connectivity index (χ1) is 15.2. The molecule has 0 radical (unpaired) electrons. The number of carboxylic acid groups (broad SMARTS) is 1. The van der Waals surface area contributed by atoms with Gasteiger partial charge in [0.2, 0.25) is 0 Å².